The van der Waals surface area contributed by atoms with Crippen molar-refractivity contribution in [2.24, 2.45) is 4.99 Å². The monoisotopic (exact) mass is 199 g/mol. The highest BCUT2D eigenvalue weighted by molar-refractivity contribution is 5.98. The minimum atomic E-state index is 0.743. The molecule has 0 bridgehead atoms. The molecule has 1 heteroatoms. The van der Waals surface area contributed by atoms with Crippen LogP contribution in [0.3, 0.4) is 0 Å². The summed E-state index contributed by atoms with van der Waals surface area (Å²) in [6.45, 7) is 8.50. The zero-order valence-corrected chi connectivity index (χ0v) is 9.40. The first kappa shape index (κ1) is 11.4. The van der Waals surface area contributed by atoms with Crippen molar-refractivity contribution < 1.29 is 0 Å². The van der Waals surface area contributed by atoms with Gasteiger partial charge in [-0.3, -0.25) is 4.99 Å². The zero-order valence-electron chi connectivity index (χ0n) is 9.40. The van der Waals surface area contributed by atoms with Crippen LogP contribution in [0, 0.1) is 0 Å². The molecule has 0 aliphatic carbocycles. The highest BCUT2D eigenvalue weighted by Crippen LogP contribution is 2.02. The van der Waals surface area contributed by atoms with Crippen LogP contribution in [-0.4, -0.2) is 12.3 Å². The highest BCUT2D eigenvalue weighted by Gasteiger charge is 1.94. The van der Waals surface area contributed by atoms with Crippen LogP contribution in [0.1, 0.15) is 19.4 Å². The van der Waals surface area contributed by atoms with E-state index in [1.165, 1.54) is 11.1 Å². The molecule has 1 nitrogen and oxygen atoms in total. The highest BCUT2D eigenvalue weighted by atomic mass is 14.7. The van der Waals surface area contributed by atoms with Gasteiger partial charge in [-0.1, -0.05) is 54.6 Å². The second-order valence-electron chi connectivity index (χ2n) is 3.52. The molecule has 0 saturated carbocycles. The van der Waals surface area contributed by atoms with Gasteiger partial charge in [0, 0.05) is 5.71 Å². The number of rotatable bonds is 4. The van der Waals surface area contributed by atoms with E-state index in [1.54, 1.807) is 6.08 Å². The van der Waals surface area contributed by atoms with Crippen molar-refractivity contribution in [1.29, 1.82) is 0 Å². The Kier molecular flexibility index (Phi) is 4.55. The van der Waals surface area contributed by atoms with Crippen LogP contribution in [0.4, 0.5) is 0 Å². The Morgan fingerprint density at radius 2 is 1.93 bits per heavy atom. The van der Waals surface area contributed by atoms with Crippen LogP contribution < -0.4 is 0 Å². The van der Waals surface area contributed by atoms with Crippen molar-refractivity contribution in [2.75, 3.05) is 6.54 Å². The first-order valence-electron chi connectivity index (χ1n) is 5.08. The molecule has 0 fully saturated rings. The van der Waals surface area contributed by atoms with Crippen LogP contribution in [0.5, 0.6) is 0 Å². The summed E-state index contributed by atoms with van der Waals surface area (Å²) < 4.78 is 0. The minimum absolute atomic E-state index is 0.743. The third-order valence-corrected chi connectivity index (χ3v) is 2.16. The van der Waals surface area contributed by atoms with E-state index in [1.807, 2.05) is 31.2 Å². The zero-order chi connectivity index (χ0) is 11.1. The number of aliphatic imine (C=N–C) groups is 1. The van der Waals surface area contributed by atoms with Crippen molar-refractivity contribution in [2.45, 2.75) is 13.8 Å². The third-order valence-electron chi connectivity index (χ3n) is 2.16. The molecule has 0 atom stereocenters. The van der Waals surface area contributed by atoms with Gasteiger partial charge in [-0.05, 0) is 19.4 Å². The number of allylic oxidation sites excluding steroid dienone is 2. The Balaban J connectivity index is 2.69. The van der Waals surface area contributed by atoms with Gasteiger partial charge in [0.25, 0.3) is 0 Å². The smallest absolute Gasteiger partial charge is 0.0603 e. The average molecular weight is 199 g/mol. The van der Waals surface area contributed by atoms with E-state index < -0.39 is 0 Å². The van der Waals surface area contributed by atoms with E-state index in [-0.39, 0.29) is 0 Å². The summed E-state index contributed by atoms with van der Waals surface area (Å²) in [4.78, 5) is 4.51. The van der Waals surface area contributed by atoms with Crippen molar-refractivity contribution in [1.82, 2.24) is 0 Å². The largest absolute Gasteiger partial charge is 0.285 e. The Morgan fingerprint density at radius 1 is 1.27 bits per heavy atom. The van der Waals surface area contributed by atoms with Gasteiger partial charge in [-0.2, -0.15) is 0 Å². The molecule has 1 rings (SSSR count). The molecule has 0 spiro atoms. The number of benzene rings is 1. The SMILES string of the molecule is C=C/C=C(\C)CN=C(C)c1ccccc1. The summed E-state index contributed by atoms with van der Waals surface area (Å²) in [7, 11) is 0. The number of hydrogen-bond donors (Lipinski definition) is 0. The molecule has 78 valence electrons. The normalized spacial score (nSPS) is 12.7. The van der Waals surface area contributed by atoms with E-state index in [4.69, 9.17) is 0 Å². The van der Waals surface area contributed by atoms with Gasteiger partial charge in [0.15, 0.2) is 0 Å². The maximum Gasteiger partial charge on any atom is 0.0603 e. The Morgan fingerprint density at radius 3 is 2.53 bits per heavy atom. The molecule has 0 aromatic heterocycles. The first-order valence-corrected chi connectivity index (χ1v) is 5.08. The Bertz CT molecular complexity index is 372. The van der Waals surface area contributed by atoms with Gasteiger partial charge in [-0.25, -0.2) is 0 Å². The van der Waals surface area contributed by atoms with Crippen molar-refractivity contribution in [3.8, 4) is 0 Å². The fourth-order valence-electron chi connectivity index (χ4n) is 1.27. The van der Waals surface area contributed by atoms with Gasteiger partial charge in [0.1, 0.15) is 0 Å². The molecule has 0 aliphatic rings. The van der Waals surface area contributed by atoms with Crippen LogP contribution in [0.2, 0.25) is 0 Å². The Hall–Kier alpha value is -1.63. The summed E-state index contributed by atoms with van der Waals surface area (Å²) in [5.74, 6) is 0. The van der Waals surface area contributed by atoms with Gasteiger partial charge < -0.3 is 0 Å². The van der Waals surface area contributed by atoms with Gasteiger partial charge in [-0.15, -0.1) is 0 Å². The molecule has 1 aromatic carbocycles. The van der Waals surface area contributed by atoms with Crippen LogP contribution in [0.25, 0.3) is 0 Å². The van der Waals surface area contributed by atoms with E-state index in [2.05, 4.69) is 30.6 Å². The molecule has 0 unspecified atom stereocenters. The predicted molar refractivity (Wildman–Crippen MR) is 67.5 cm³/mol. The molecule has 1 aromatic rings. The lowest BCUT2D eigenvalue weighted by atomic mass is 10.1. The molecule has 0 aliphatic heterocycles. The lowest BCUT2D eigenvalue weighted by Crippen LogP contribution is -1.96. The average Bonchev–Trinajstić information content (AvgIpc) is 2.27. The first-order chi connectivity index (χ1) is 7.24. The molecule has 0 N–H and O–H groups in total. The molecule has 0 saturated heterocycles. The van der Waals surface area contributed by atoms with Crippen LogP contribution >= 0.6 is 0 Å². The third kappa shape index (κ3) is 3.94. The number of hydrogen-bond acceptors (Lipinski definition) is 1. The van der Waals surface area contributed by atoms with Gasteiger partial charge in [0.2, 0.25) is 0 Å². The molecule has 0 radical (unpaired) electrons. The summed E-state index contributed by atoms with van der Waals surface area (Å²) >= 11 is 0. The van der Waals surface area contributed by atoms with E-state index in [0.717, 1.165) is 12.3 Å². The van der Waals surface area contributed by atoms with Crippen LogP contribution in [0.15, 0.2) is 59.6 Å². The van der Waals surface area contributed by atoms with Crippen molar-refractivity contribution in [3.63, 3.8) is 0 Å². The van der Waals surface area contributed by atoms with Crippen molar-refractivity contribution in [3.05, 3.63) is 60.2 Å². The lowest BCUT2D eigenvalue weighted by molar-refractivity contribution is 1.13. The standard InChI is InChI=1S/C14H17N/c1-4-8-12(2)11-15-13(3)14-9-6-5-7-10-14/h4-10H,1,11H2,2-3H3/b12-8+,15-13?. The molecule has 0 heterocycles. The molecule has 15 heavy (non-hydrogen) atoms. The van der Waals surface area contributed by atoms with Gasteiger partial charge >= 0.3 is 0 Å². The van der Waals surface area contributed by atoms with E-state index in [0.29, 0.717) is 0 Å². The van der Waals surface area contributed by atoms with E-state index in [9.17, 15) is 0 Å². The van der Waals surface area contributed by atoms with Gasteiger partial charge in [0.05, 0.1) is 6.54 Å². The summed E-state index contributed by atoms with van der Waals surface area (Å²) in [5.41, 5.74) is 3.48. The second kappa shape index (κ2) is 5.97. The molecular weight excluding hydrogens is 182 g/mol. The summed E-state index contributed by atoms with van der Waals surface area (Å²) in [6, 6.07) is 10.2. The van der Waals surface area contributed by atoms with Crippen molar-refractivity contribution >= 4 is 5.71 Å². The quantitative estimate of drug-likeness (QED) is 0.518. The fraction of sp³-hybridized carbons (Fsp3) is 0.214. The topological polar surface area (TPSA) is 12.4 Å². The molecule has 0 amide bonds. The fourth-order valence-corrected chi connectivity index (χ4v) is 1.27. The van der Waals surface area contributed by atoms with E-state index >= 15 is 0 Å². The Labute approximate surface area is 91.9 Å². The summed E-state index contributed by atoms with van der Waals surface area (Å²) in [5, 5.41) is 0. The lowest BCUT2D eigenvalue weighted by Gasteiger charge is -2.00. The summed E-state index contributed by atoms with van der Waals surface area (Å²) in [6.07, 6.45) is 3.78. The minimum Gasteiger partial charge on any atom is -0.285 e. The maximum atomic E-state index is 4.51. The molecular formula is C14H17N. The number of nitrogens with zero attached hydrogens (tertiary/aromatic N) is 1. The van der Waals surface area contributed by atoms with Crippen LogP contribution in [-0.2, 0) is 0 Å². The second-order valence-corrected chi connectivity index (χ2v) is 3.52. The maximum absolute atomic E-state index is 4.51. The predicted octanol–water partition coefficient (Wildman–Crippen LogP) is 3.63.